The molecule has 2 radical (unpaired) electrons. The van der Waals surface area contributed by atoms with Gasteiger partial charge in [0.2, 0.25) is 0 Å². The minimum Gasteiger partial charge on any atom is -0.0885 e. The Balaban J connectivity index is 2.98. The number of allylic oxidation sites excluding steroid dienone is 2. The van der Waals surface area contributed by atoms with Crippen molar-refractivity contribution in [3.8, 4) is 0 Å². The van der Waals surface area contributed by atoms with E-state index in [4.69, 9.17) is 0 Å². The quantitative estimate of drug-likeness (QED) is 0.285. The van der Waals surface area contributed by atoms with Crippen molar-refractivity contribution in [3.63, 3.8) is 0 Å². The van der Waals surface area contributed by atoms with Crippen LogP contribution in [0, 0.1) is 13.8 Å². The summed E-state index contributed by atoms with van der Waals surface area (Å²) in [5.41, 5.74) is 0. The number of unbranched alkanes of at least 4 members (excludes halogenated alkanes) is 10. The zero-order valence-corrected chi connectivity index (χ0v) is 11.1. The van der Waals surface area contributed by atoms with Crippen LogP contribution in [0.2, 0.25) is 0 Å². The summed E-state index contributed by atoms with van der Waals surface area (Å²) in [5, 5.41) is 0. The lowest BCUT2D eigenvalue weighted by Gasteiger charge is -1.98. The number of hydrogen-bond acceptors (Lipinski definition) is 0. The summed E-state index contributed by atoms with van der Waals surface area (Å²) >= 11 is 0. The SMILES string of the molecule is [CH2]CCCCCC=CCCCCCCC[CH2]. The molecule has 0 heteroatoms. The minimum atomic E-state index is 1.09. The molecule has 0 aromatic heterocycles. The molecule has 0 unspecified atom stereocenters. The zero-order chi connectivity index (χ0) is 11.9. The first-order valence-corrected chi connectivity index (χ1v) is 7.15. The fraction of sp³-hybridized carbons (Fsp3) is 0.750. The van der Waals surface area contributed by atoms with Crippen LogP contribution in [0.1, 0.15) is 77.0 Å². The molecular formula is C16H30. The van der Waals surface area contributed by atoms with Gasteiger partial charge in [0.05, 0.1) is 0 Å². The molecule has 0 heterocycles. The van der Waals surface area contributed by atoms with Crippen molar-refractivity contribution < 1.29 is 0 Å². The van der Waals surface area contributed by atoms with Gasteiger partial charge in [0.15, 0.2) is 0 Å². The van der Waals surface area contributed by atoms with Crippen LogP contribution in [0.3, 0.4) is 0 Å². The number of hydrogen-bond donors (Lipinski definition) is 0. The van der Waals surface area contributed by atoms with Gasteiger partial charge < -0.3 is 0 Å². The summed E-state index contributed by atoms with van der Waals surface area (Å²) in [6.45, 7) is 7.71. The van der Waals surface area contributed by atoms with Crippen molar-refractivity contribution in [2.45, 2.75) is 77.0 Å². The average molecular weight is 222 g/mol. The average Bonchev–Trinajstić information content (AvgIpc) is 2.31. The molecular weight excluding hydrogens is 192 g/mol. The minimum absolute atomic E-state index is 1.09. The molecule has 0 aliphatic rings. The van der Waals surface area contributed by atoms with E-state index in [1.807, 2.05) is 0 Å². The van der Waals surface area contributed by atoms with Crippen molar-refractivity contribution in [2.75, 3.05) is 0 Å². The molecule has 0 N–H and O–H groups in total. The predicted octanol–water partition coefficient (Wildman–Crippen LogP) is 5.89. The van der Waals surface area contributed by atoms with Crippen LogP contribution in [0.25, 0.3) is 0 Å². The summed E-state index contributed by atoms with van der Waals surface area (Å²) in [5.74, 6) is 0. The number of rotatable bonds is 12. The van der Waals surface area contributed by atoms with E-state index in [1.54, 1.807) is 0 Å². The molecule has 0 fully saturated rings. The van der Waals surface area contributed by atoms with Gasteiger partial charge in [0, 0.05) is 0 Å². The molecule has 0 amide bonds. The Bertz CT molecular complexity index is 135. The first-order valence-electron chi connectivity index (χ1n) is 7.15. The van der Waals surface area contributed by atoms with Crippen LogP contribution in [-0.4, -0.2) is 0 Å². The van der Waals surface area contributed by atoms with E-state index >= 15 is 0 Å². The Hall–Kier alpha value is -0.260. The maximum absolute atomic E-state index is 3.86. The third kappa shape index (κ3) is 13.7. The maximum Gasteiger partial charge on any atom is -0.0351 e. The Morgan fingerprint density at radius 1 is 0.500 bits per heavy atom. The van der Waals surface area contributed by atoms with Crippen molar-refractivity contribution in [3.05, 3.63) is 26.0 Å². The van der Waals surface area contributed by atoms with E-state index in [-0.39, 0.29) is 0 Å². The van der Waals surface area contributed by atoms with Crippen LogP contribution in [-0.2, 0) is 0 Å². The molecule has 0 aromatic rings. The van der Waals surface area contributed by atoms with E-state index in [1.165, 1.54) is 64.2 Å². The second-order valence-corrected chi connectivity index (χ2v) is 4.58. The van der Waals surface area contributed by atoms with Gasteiger partial charge >= 0.3 is 0 Å². The highest BCUT2D eigenvalue weighted by atomic mass is 13.9. The molecule has 0 rings (SSSR count). The lowest BCUT2D eigenvalue weighted by Crippen LogP contribution is -1.78. The smallest absolute Gasteiger partial charge is 0.0351 e. The molecule has 16 heavy (non-hydrogen) atoms. The zero-order valence-electron chi connectivity index (χ0n) is 11.1. The highest BCUT2D eigenvalue weighted by molar-refractivity contribution is 4.81. The van der Waals surface area contributed by atoms with Crippen LogP contribution in [0.15, 0.2) is 12.2 Å². The van der Waals surface area contributed by atoms with Crippen LogP contribution in [0.5, 0.6) is 0 Å². The largest absolute Gasteiger partial charge is 0.0885 e. The van der Waals surface area contributed by atoms with Gasteiger partial charge in [-0.3, -0.25) is 0 Å². The summed E-state index contributed by atoms with van der Waals surface area (Å²) in [7, 11) is 0. The highest BCUT2D eigenvalue weighted by Crippen LogP contribution is 2.08. The van der Waals surface area contributed by atoms with Gasteiger partial charge in [-0.05, 0) is 25.7 Å². The van der Waals surface area contributed by atoms with E-state index in [0.29, 0.717) is 0 Å². The van der Waals surface area contributed by atoms with Crippen molar-refractivity contribution in [1.82, 2.24) is 0 Å². The second kappa shape index (κ2) is 14.7. The third-order valence-corrected chi connectivity index (χ3v) is 2.91. The molecule has 0 aliphatic heterocycles. The first-order chi connectivity index (χ1) is 7.91. The van der Waals surface area contributed by atoms with E-state index in [9.17, 15) is 0 Å². The van der Waals surface area contributed by atoms with Crippen LogP contribution >= 0.6 is 0 Å². The fourth-order valence-electron chi connectivity index (χ4n) is 1.82. The Kier molecular flexibility index (Phi) is 14.5. The molecule has 0 nitrogen and oxygen atoms in total. The lowest BCUT2D eigenvalue weighted by molar-refractivity contribution is 0.620. The summed E-state index contributed by atoms with van der Waals surface area (Å²) in [6.07, 6.45) is 20.3. The van der Waals surface area contributed by atoms with Gasteiger partial charge in [0.25, 0.3) is 0 Å². The monoisotopic (exact) mass is 222 g/mol. The predicted molar refractivity (Wildman–Crippen MR) is 75.3 cm³/mol. The summed E-state index contributed by atoms with van der Waals surface area (Å²) < 4.78 is 0. The van der Waals surface area contributed by atoms with Gasteiger partial charge in [0.1, 0.15) is 0 Å². The summed E-state index contributed by atoms with van der Waals surface area (Å²) in [4.78, 5) is 0. The van der Waals surface area contributed by atoms with Gasteiger partial charge in [-0.25, -0.2) is 0 Å². The standard InChI is InChI=1S/C16H30/c1-3-5-7-9-11-13-15-16-14-12-10-8-6-4-2/h13,15H,1-12,14,16H2. The van der Waals surface area contributed by atoms with E-state index in [0.717, 1.165) is 12.8 Å². The topological polar surface area (TPSA) is 0 Å². The molecule has 0 saturated heterocycles. The second-order valence-electron chi connectivity index (χ2n) is 4.58. The molecule has 0 bridgehead atoms. The highest BCUT2D eigenvalue weighted by Gasteiger charge is 1.88. The van der Waals surface area contributed by atoms with Crippen molar-refractivity contribution in [2.24, 2.45) is 0 Å². The van der Waals surface area contributed by atoms with Gasteiger partial charge in [-0.2, -0.15) is 0 Å². The van der Waals surface area contributed by atoms with E-state index in [2.05, 4.69) is 26.0 Å². The maximum atomic E-state index is 3.86. The lowest BCUT2D eigenvalue weighted by atomic mass is 10.1. The molecule has 0 aromatic carbocycles. The van der Waals surface area contributed by atoms with Crippen molar-refractivity contribution in [1.29, 1.82) is 0 Å². The Morgan fingerprint density at radius 3 is 1.38 bits per heavy atom. The first kappa shape index (κ1) is 15.7. The van der Waals surface area contributed by atoms with Crippen LogP contribution < -0.4 is 0 Å². The molecule has 0 saturated carbocycles. The molecule has 0 spiro atoms. The Labute approximate surface area is 104 Å². The fourth-order valence-corrected chi connectivity index (χ4v) is 1.82. The normalized spacial score (nSPS) is 11.4. The molecule has 94 valence electrons. The third-order valence-electron chi connectivity index (χ3n) is 2.91. The summed E-state index contributed by atoms with van der Waals surface area (Å²) in [6, 6.07) is 0. The molecule has 0 aliphatic carbocycles. The van der Waals surface area contributed by atoms with E-state index < -0.39 is 0 Å². The van der Waals surface area contributed by atoms with Crippen molar-refractivity contribution >= 4 is 0 Å². The van der Waals surface area contributed by atoms with Gasteiger partial charge in [-0.1, -0.05) is 77.4 Å². The molecule has 0 atom stereocenters. The van der Waals surface area contributed by atoms with Gasteiger partial charge in [-0.15, -0.1) is 0 Å². The Morgan fingerprint density at radius 2 is 0.875 bits per heavy atom. The van der Waals surface area contributed by atoms with Crippen LogP contribution in [0.4, 0.5) is 0 Å².